The largest absolute Gasteiger partial charge is 0.497 e. The van der Waals surface area contributed by atoms with Gasteiger partial charge in [-0.05, 0) is 42.8 Å². The first-order valence-electron chi connectivity index (χ1n) is 9.21. The van der Waals surface area contributed by atoms with E-state index in [0.29, 0.717) is 48.7 Å². The molecule has 2 aromatic heterocycles. The predicted octanol–water partition coefficient (Wildman–Crippen LogP) is 3.07. The molecule has 0 bridgehead atoms. The molecule has 0 aliphatic heterocycles. The topological polar surface area (TPSA) is 106 Å². The lowest BCUT2D eigenvalue weighted by Crippen LogP contribution is -2.25. The zero-order valence-corrected chi connectivity index (χ0v) is 16.8. The number of ether oxygens (including phenoxy) is 1. The molecule has 0 radical (unpaired) electrons. The van der Waals surface area contributed by atoms with Gasteiger partial charge < -0.3 is 19.8 Å². The standard InChI is InChI=1S/C20H22N4O4S/c1-27-15-9-7-14(8-10-15)22-19(26)20-24-23-18(29-20)6-2-5-17(25)21-12-11-16-4-3-13-28-16/h3-4,7-10,13H,2,5-6,11-12H2,1H3,(H,21,25)(H,22,26). The molecule has 0 atom stereocenters. The number of benzene rings is 1. The molecule has 3 rings (SSSR count). The van der Waals surface area contributed by atoms with E-state index in [2.05, 4.69) is 20.8 Å². The Kier molecular flexibility index (Phi) is 7.34. The maximum Gasteiger partial charge on any atom is 0.286 e. The SMILES string of the molecule is COc1ccc(NC(=O)c2nnc(CCCC(=O)NCCc3ccco3)s2)cc1. The van der Waals surface area contributed by atoms with Gasteiger partial charge in [-0.1, -0.05) is 11.3 Å². The third-order valence-electron chi connectivity index (χ3n) is 4.08. The summed E-state index contributed by atoms with van der Waals surface area (Å²) in [4.78, 5) is 24.2. The minimum atomic E-state index is -0.311. The number of amides is 2. The first-order chi connectivity index (χ1) is 14.1. The molecular formula is C20H22N4O4S. The number of methoxy groups -OCH3 is 1. The van der Waals surface area contributed by atoms with Gasteiger partial charge in [0.1, 0.15) is 16.5 Å². The highest BCUT2D eigenvalue weighted by Crippen LogP contribution is 2.18. The zero-order chi connectivity index (χ0) is 20.5. The number of aryl methyl sites for hydroxylation is 1. The van der Waals surface area contributed by atoms with Crippen LogP contribution in [0.2, 0.25) is 0 Å². The van der Waals surface area contributed by atoms with Crippen molar-refractivity contribution >= 4 is 28.8 Å². The number of hydrogen-bond acceptors (Lipinski definition) is 7. The zero-order valence-electron chi connectivity index (χ0n) is 16.0. The molecule has 9 heteroatoms. The van der Waals surface area contributed by atoms with Crippen LogP contribution in [0.1, 0.15) is 33.4 Å². The lowest BCUT2D eigenvalue weighted by molar-refractivity contribution is -0.121. The molecule has 0 fully saturated rings. The number of hydrogen-bond donors (Lipinski definition) is 2. The van der Waals surface area contributed by atoms with Crippen molar-refractivity contribution in [3.05, 3.63) is 58.4 Å². The maximum absolute atomic E-state index is 12.3. The second kappa shape index (κ2) is 10.4. The fraction of sp³-hybridized carbons (Fsp3) is 0.300. The summed E-state index contributed by atoms with van der Waals surface area (Å²) in [5, 5.41) is 14.6. The molecule has 2 amide bonds. The van der Waals surface area contributed by atoms with Crippen molar-refractivity contribution in [1.82, 2.24) is 15.5 Å². The highest BCUT2D eigenvalue weighted by Gasteiger charge is 2.13. The first-order valence-corrected chi connectivity index (χ1v) is 10.0. The molecule has 0 saturated heterocycles. The minimum Gasteiger partial charge on any atom is -0.497 e. The molecule has 0 unspecified atom stereocenters. The number of nitrogens with one attached hydrogen (secondary N) is 2. The highest BCUT2D eigenvalue weighted by molar-refractivity contribution is 7.13. The van der Waals surface area contributed by atoms with Crippen LogP contribution in [-0.4, -0.2) is 35.7 Å². The van der Waals surface area contributed by atoms with Gasteiger partial charge in [-0.25, -0.2) is 0 Å². The molecule has 8 nitrogen and oxygen atoms in total. The van der Waals surface area contributed by atoms with E-state index in [1.54, 1.807) is 37.6 Å². The molecule has 152 valence electrons. The number of anilines is 1. The quantitative estimate of drug-likeness (QED) is 0.528. The summed E-state index contributed by atoms with van der Waals surface area (Å²) in [6, 6.07) is 10.7. The van der Waals surface area contributed by atoms with Gasteiger partial charge in [-0.15, -0.1) is 10.2 Å². The van der Waals surface area contributed by atoms with Crippen molar-refractivity contribution in [1.29, 1.82) is 0 Å². The summed E-state index contributed by atoms with van der Waals surface area (Å²) in [7, 11) is 1.58. The van der Waals surface area contributed by atoms with E-state index in [0.717, 1.165) is 10.8 Å². The summed E-state index contributed by atoms with van der Waals surface area (Å²) in [5.74, 6) is 1.24. The third-order valence-corrected chi connectivity index (χ3v) is 5.06. The van der Waals surface area contributed by atoms with Crippen LogP contribution in [0.3, 0.4) is 0 Å². The van der Waals surface area contributed by atoms with Crippen LogP contribution < -0.4 is 15.4 Å². The van der Waals surface area contributed by atoms with E-state index in [1.807, 2.05) is 12.1 Å². The van der Waals surface area contributed by atoms with Crippen LogP contribution in [0.4, 0.5) is 5.69 Å². The second-order valence-electron chi connectivity index (χ2n) is 6.22. The van der Waals surface area contributed by atoms with Crippen molar-refractivity contribution in [2.45, 2.75) is 25.7 Å². The van der Waals surface area contributed by atoms with Crippen LogP contribution in [0.5, 0.6) is 5.75 Å². The Balaban J connectivity index is 1.37. The van der Waals surface area contributed by atoms with Crippen molar-refractivity contribution in [2.24, 2.45) is 0 Å². The number of aromatic nitrogens is 2. The van der Waals surface area contributed by atoms with Crippen molar-refractivity contribution < 1.29 is 18.7 Å². The Labute approximate surface area is 172 Å². The van der Waals surface area contributed by atoms with E-state index in [1.165, 1.54) is 11.3 Å². The normalized spacial score (nSPS) is 10.5. The van der Waals surface area contributed by atoms with Crippen LogP contribution in [0.15, 0.2) is 47.1 Å². The van der Waals surface area contributed by atoms with Crippen molar-refractivity contribution in [3.8, 4) is 5.75 Å². The number of furan rings is 1. The van der Waals surface area contributed by atoms with Crippen LogP contribution in [0.25, 0.3) is 0 Å². The van der Waals surface area contributed by atoms with Crippen LogP contribution in [-0.2, 0) is 17.6 Å². The molecule has 3 aromatic rings. The fourth-order valence-electron chi connectivity index (χ4n) is 2.57. The molecule has 29 heavy (non-hydrogen) atoms. The molecule has 0 spiro atoms. The number of carbonyl (C=O) groups excluding carboxylic acids is 2. The highest BCUT2D eigenvalue weighted by atomic mass is 32.1. The lowest BCUT2D eigenvalue weighted by atomic mass is 10.2. The smallest absolute Gasteiger partial charge is 0.286 e. The van der Waals surface area contributed by atoms with E-state index in [9.17, 15) is 9.59 Å². The average molecular weight is 414 g/mol. The molecule has 0 aliphatic carbocycles. The maximum atomic E-state index is 12.3. The molecule has 0 aliphatic rings. The number of carbonyl (C=O) groups is 2. The molecular weight excluding hydrogens is 392 g/mol. The molecule has 1 aromatic carbocycles. The van der Waals surface area contributed by atoms with E-state index >= 15 is 0 Å². The molecule has 2 N–H and O–H groups in total. The Morgan fingerprint density at radius 1 is 1.14 bits per heavy atom. The lowest BCUT2D eigenvalue weighted by Gasteiger charge is -2.04. The van der Waals surface area contributed by atoms with Gasteiger partial charge in [0.2, 0.25) is 10.9 Å². The second-order valence-corrected chi connectivity index (χ2v) is 7.28. The Morgan fingerprint density at radius 3 is 2.69 bits per heavy atom. The van der Waals surface area contributed by atoms with Gasteiger partial charge in [0.25, 0.3) is 5.91 Å². The van der Waals surface area contributed by atoms with Gasteiger partial charge in [0.05, 0.1) is 13.4 Å². The van der Waals surface area contributed by atoms with Gasteiger partial charge in [-0.3, -0.25) is 9.59 Å². The molecule has 0 saturated carbocycles. The number of nitrogens with zero attached hydrogens (tertiary/aromatic N) is 2. The summed E-state index contributed by atoms with van der Waals surface area (Å²) in [6.07, 6.45) is 3.91. The van der Waals surface area contributed by atoms with E-state index < -0.39 is 0 Å². The van der Waals surface area contributed by atoms with Gasteiger partial charge >= 0.3 is 0 Å². The summed E-state index contributed by atoms with van der Waals surface area (Å²) in [5.41, 5.74) is 0.652. The Bertz CT molecular complexity index is 922. The van der Waals surface area contributed by atoms with Gasteiger partial charge in [0.15, 0.2) is 0 Å². The monoisotopic (exact) mass is 414 g/mol. The summed E-state index contributed by atoms with van der Waals surface area (Å²) >= 11 is 1.23. The van der Waals surface area contributed by atoms with E-state index in [4.69, 9.17) is 9.15 Å². The summed E-state index contributed by atoms with van der Waals surface area (Å²) in [6.45, 7) is 0.542. The fourth-order valence-corrected chi connectivity index (χ4v) is 3.35. The minimum absolute atomic E-state index is 0.0152. The van der Waals surface area contributed by atoms with Gasteiger partial charge in [-0.2, -0.15) is 0 Å². The van der Waals surface area contributed by atoms with Crippen molar-refractivity contribution in [2.75, 3.05) is 19.0 Å². The van der Waals surface area contributed by atoms with Crippen LogP contribution in [0, 0.1) is 0 Å². The van der Waals surface area contributed by atoms with Crippen molar-refractivity contribution in [3.63, 3.8) is 0 Å². The van der Waals surface area contributed by atoms with Crippen LogP contribution >= 0.6 is 11.3 Å². The number of rotatable bonds is 10. The summed E-state index contributed by atoms with van der Waals surface area (Å²) < 4.78 is 10.3. The van der Waals surface area contributed by atoms with E-state index in [-0.39, 0.29) is 11.8 Å². The Morgan fingerprint density at radius 2 is 1.97 bits per heavy atom. The third kappa shape index (κ3) is 6.42. The average Bonchev–Trinajstić information content (AvgIpc) is 3.41. The van der Waals surface area contributed by atoms with Gasteiger partial charge in [0, 0.05) is 31.5 Å². The first kappa shape index (κ1) is 20.5. The Hall–Kier alpha value is -3.20. The molecule has 2 heterocycles. The predicted molar refractivity (Wildman–Crippen MR) is 109 cm³/mol.